The van der Waals surface area contributed by atoms with Crippen LogP contribution in [0.4, 0.5) is 13.2 Å². The van der Waals surface area contributed by atoms with Crippen LogP contribution in [0.25, 0.3) is 22.1 Å². The van der Waals surface area contributed by atoms with E-state index in [0.29, 0.717) is 30.1 Å². The van der Waals surface area contributed by atoms with Crippen molar-refractivity contribution in [3.63, 3.8) is 0 Å². The molecule has 3 aromatic rings. The van der Waals surface area contributed by atoms with Gasteiger partial charge in [0, 0.05) is 13.0 Å². The molecule has 1 spiro atoms. The number of hydrogen-bond donors (Lipinski definition) is 1. The summed E-state index contributed by atoms with van der Waals surface area (Å²) in [6, 6.07) is 11.1. The number of nitrogens with zero attached hydrogens (tertiary/aromatic N) is 1. The standard InChI is InChI=1S/C20H17F3N2O4/c21-20(22,23)28-14-4-1-12(2-5-14)13-3-6-16-15(9-13)18(25-29-16)27-17-10-19(17)11-26-8-7-24-19/h1-6,9,17,24H,7-8,10-11H2/t17-,19?/m1/s1. The van der Waals surface area contributed by atoms with Gasteiger partial charge in [-0.3, -0.25) is 0 Å². The van der Waals surface area contributed by atoms with E-state index in [9.17, 15) is 13.2 Å². The lowest BCUT2D eigenvalue weighted by atomic mass is 10.0. The first kappa shape index (κ1) is 18.3. The van der Waals surface area contributed by atoms with Gasteiger partial charge in [-0.2, -0.15) is 0 Å². The summed E-state index contributed by atoms with van der Waals surface area (Å²) in [7, 11) is 0. The fourth-order valence-electron chi connectivity index (χ4n) is 3.61. The van der Waals surface area contributed by atoms with Gasteiger partial charge in [0.2, 0.25) is 0 Å². The molecule has 2 heterocycles. The number of alkyl halides is 3. The van der Waals surface area contributed by atoms with Crippen LogP contribution in [0, 0.1) is 0 Å². The first-order chi connectivity index (χ1) is 13.9. The third kappa shape index (κ3) is 3.63. The van der Waals surface area contributed by atoms with E-state index < -0.39 is 6.36 Å². The molecule has 1 saturated carbocycles. The zero-order valence-corrected chi connectivity index (χ0v) is 15.2. The molecular formula is C20H17F3N2O4. The van der Waals surface area contributed by atoms with Crippen molar-refractivity contribution in [1.29, 1.82) is 0 Å². The predicted octanol–water partition coefficient (Wildman–Crippen LogP) is 3.90. The largest absolute Gasteiger partial charge is 0.573 e. The van der Waals surface area contributed by atoms with Crippen molar-refractivity contribution in [2.45, 2.75) is 24.4 Å². The van der Waals surface area contributed by atoms with E-state index in [2.05, 4.69) is 15.2 Å². The highest BCUT2D eigenvalue weighted by molar-refractivity contribution is 5.87. The summed E-state index contributed by atoms with van der Waals surface area (Å²) < 4.78 is 57.8. The van der Waals surface area contributed by atoms with Gasteiger partial charge in [-0.05, 0) is 40.5 Å². The number of morpholine rings is 1. The van der Waals surface area contributed by atoms with Crippen molar-refractivity contribution in [1.82, 2.24) is 10.5 Å². The summed E-state index contributed by atoms with van der Waals surface area (Å²) >= 11 is 0. The number of ether oxygens (including phenoxy) is 3. The van der Waals surface area contributed by atoms with Crippen LogP contribution in [0.3, 0.4) is 0 Å². The first-order valence-corrected chi connectivity index (χ1v) is 9.17. The number of fused-ring (bicyclic) bond motifs is 1. The van der Waals surface area contributed by atoms with E-state index in [1.165, 1.54) is 12.1 Å². The highest BCUT2D eigenvalue weighted by Gasteiger charge is 2.58. The Labute approximate surface area is 163 Å². The zero-order chi connectivity index (χ0) is 20.1. The number of rotatable bonds is 4. The van der Waals surface area contributed by atoms with Crippen LogP contribution < -0.4 is 14.8 Å². The molecule has 1 aliphatic carbocycles. The second kappa shape index (κ2) is 6.64. The summed E-state index contributed by atoms with van der Waals surface area (Å²) in [5, 5.41) is 8.18. The van der Waals surface area contributed by atoms with Gasteiger partial charge in [0.1, 0.15) is 11.9 Å². The lowest BCUT2D eigenvalue weighted by Gasteiger charge is -2.24. The van der Waals surface area contributed by atoms with Crippen molar-refractivity contribution >= 4 is 11.0 Å². The molecule has 2 aromatic carbocycles. The average Bonchev–Trinajstić information content (AvgIpc) is 3.17. The van der Waals surface area contributed by atoms with Gasteiger partial charge >= 0.3 is 6.36 Å². The molecule has 9 heteroatoms. The topological polar surface area (TPSA) is 65.8 Å². The van der Waals surface area contributed by atoms with Gasteiger partial charge in [-0.1, -0.05) is 18.2 Å². The van der Waals surface area contributed by atoms with Crippen LogP contribution in [0.1, 0.15) is 6.42 Å². The van der Waals surface area contributed by atoms with Crippen LogP contribution in [-0.4, -0.2) is 42.9 Å². The molecule has 0 radical (unpaired) electrons. The van der Waals surface area contributed by atoms with Crippen LogP contribution in [0.15, 0.2) is 47.0 Å². The highest BCUT2D eigenvalue weighted by atomic mass is 19.4. The predicted molar refractivity (Wildman–Crippen MR) is 96.7 cm³/mol. The average molecular weight is 406 g/mol. The van der Waals surface area contributed by atoms with Gasteiger partial charge in [0.15, 0.2) is 5.58 Å². The summed E-state index contributed by atoms with van der Waals surface area (Å²) in [6.45, 7) is 2.08. The second-order valence-electron chi connectivity index (χ2n) is 7.22. The van der Waals surface area contributed by atoms with Crippen molar-refractivity contribution in [3.05, 3.63) is 42.5 Å². The number of hydrogen-bond acceptors (Lipinski definition) is 6. The van der Waals surface area contributed by atoms with E-state index in [0.717, 1.165) is 24.1 Å². The van der Waals surface area contributed by atoms with Gasteiger partial charge in [-0.15, -0.1) is 13.2 Å². The van der Waals surface area contributed by atoms with E-state index in [1.54, 1.807) is 18.2 Å². The monoisotopic (exact) mass is 406 g/mol. The Hall–Kier alpha value is -2.78. The Morgan fingerprint density at radius 2 is 1.90 bits per heavy atom. The SMILES string of the molecule is FC(F)(F)Oc1ccc(-c2ccc3onc(O[C@@H]4CC45COCCN5)c3c2)cc1. The molecule has 1 aromatic heterocycles. The number of benzene rings is 2. The summed E-state index contributed by atoms with van der Waals surface area (Å²) in [4.78, 5) is 0. The normalized spacial score (nSPS) is 24.0. The van der Waals surface area contributed by atoms with E-state index in [1.807, 2.05) is 12.1 Å². The maximum Gasteiger partial charge on any atom is 0.573 e. The number of nitrogens with one attached hydrogen (secondary N) is 1. The molecule has 2 atom stereocenters. The Bertz CT molecular complexity index is 1030. The summed E-state index contributed by atoms with van der Waals surface area (Å²) in [5.41, 5.74) is 1.95. The fourth-order valence-corrected chi connectivity index (χ4v) is 3.61. The molecule has 152 valence electrons. The van der Waals surface area contributed by atoms with Gasteiger partial charge in [0.25, 0.3) is 5.88 Å². The molecule has 0 bridgehead atoms. The molecular weight excluding hydrogens is 389 g/mol. The quantitative estimate of drug-likeness (QED) is 0.709. The van der Waals surface area contributed by atoms with E-state index >= 15 is 0 Å². The molecule has 2 fully saturated rings. The molecule has 1 saturated heterocycles. The smallest absolute Gasteiger partial charge is 0.470 e. The Morgan fingerprint density at radius 1 is 1.10 bits per heavy atom. The fraction of sp³-hybridized carbons (Fsp3) is 0.350. The molecule has 29 heavy (non-hydrogen) atoms. The van der Waals surface area contributed by atoms with Crippen LogP contribution in [0.2, 0.25) is 0 Å². The Morgan fingerprint density at radius 3 is 2.62 bits per heavy atom. The lowest BCUT2D eigenvalue weighted by Crippen LogP contribution is -2.46. The number of aromatic nitrogens is 1. The first-order valence-electron chi connectivity index (χ1n) is 9.17. The molecule has 1 unspecified atom stereocenters. The minimum Gasteiger partial charge on any atom is -0.470 e. The molecule has 0 amide bonds. The van der Waals surface area contributed by atoms with Crippen molar-refractivity contribution in [3.8, 4) is 22.8 Å². The van der Waals surface area contributed by atoms with Gasteiger partial charge in [0.05, 0.1) is 24.1 Å². The zero-order valence-electron chi connectivity index (χ0n) is 15.2. The summed E-state index contributed by atoms with van der Waals surface area (Å²) in [6.07, 6.45) is -3.92. The Balaban J connectivity index is 1.37. The van der Waals surface area contributed by atoms with Crippen LogP contribution in [0.5, 0.6) is 11.6 Å². The van der Waals surface area contributed by atoms with Crippen molar-refractivity contribution < 1.29 is 31.9 Å². The maximum atomic E-state index is 12.3. The molecule has 6 nitrogen and oxygen atoms in total. The number of halogens is 3. The third-order valence-electron chi connectivity index (χ3n) is 5.20. The maximum absolute atomic E-state index is 12.3. The second-order valence-corrected chi connectivity index (χ2v) is 7.22. The summed E-state index contributed by atoms with van der Waals surface area (Å²) in [5.74, 6) is 0.130. The minimum atomic E-state index is -4.71. The van der Waals surface area contributed by atoms with E-state index in [4.69, 9.17) is 14.0 Å². The van der Waals surface area contributed by atoms with Gasteiger partial charge < -0.3 is 24.1 Å². The van der Waals surface area contributed by atoms with Crippen LogP contribution >= 0.6 is 0 Å². The highest BCUT2D eigenvalue weighted by Crippen LogP contribution is 2.42. The third-order valence-corrected chi connectivity index (χ3v) is 5.20. The minimum absolute atomic E-state index is 0.0430. The molecule has 2 aliphatic rings. The molecule has 5 rings (SSSR count). The Kier molecular flexibility index (Phi) is 4.18. The van der Waals surface area contributed by atoms with E-state index in [-0.39, 0.29) is 17.4 Å². The van der Waals surface area contributed by atoms with Crippen molar-refractivity contribution in [2.75, 3.05) is 19.8 Å². The van der Waals surface area contributed by atoms with Crippen molar-refractivity contribution in [2.24, 2.45) is 0 Å². The van der Waals surface area contributed by atoms with Gasteiger partial charge in [-0.25, -0.2) is 0 Å². The van der Waals surface area contributed by atoms with Crippen LogP contribution in [-0.2, 0) is 4.74 Å². The molecule has 1 N–H and O–H groups in total. The molecule has 1 aliphatic heterocycles. The lowest BCUT2D eigenvalue weighted by molar-refractivity contribution is -0.274.